The van der Waals surface area contributed by atoms with Crippen LogP contribution in [0.2, 0.25) is 0 Å². The molecule has 1 unspecified atom stereocenters. The van der Waals surface area contributed by atoms with Gasteiger partial charge >= 0.3 is 0 Å². The van der Waals surface area contributed by atoms with Gasteiger partial charge in [-0.05, 0) is 57.4 Å². The third-order valence-corrected chi connectivity index (χ3v) is 6.25. The number of unbranched alkanes of at least 4 members (excludes halogenated alkanes) is 5. The van der Waals surface area contributed by atoms with E-state index in [1.807, 2.05) is 13.8 Å². The largest absolute Gasteiger partial charge is 0.482 e. The van der Waals surface area contributed by atoms with Gasteiger partial charge in [-0.3, -0.25) is 19.8 Å². The summed E-state index contributed by atoms with van der Waals surface area (Å²) < 4.78 is 5.33. The molecule has 0 aromatic heterocycles. The first-order chi connectivity index (χ1) is 15.9. The monoisotopic (exact) mass is 458 g/mol. The summed E-state index contributed by atoms with van der Waals surface area (Å²) in [5.41, 5.74) is 0. The first-order valence-electron chi connectivity index (χ1n) is 12.3. The zero-order valence-electron chi connectivity index (χ0n) is 20.6. The van der Waals surface area contributed by atoms with Gasteiger partial charge in [0.25, 0.3) is 0 Å². The molecule has 6 heteroatoms. The number of amides is 1. The Morgan fingerprint density at radius 1 is 1.12 bits per heavy atom. The Kier molecular flexibility index (Phi) is 14.2. The van der Waals surface area contributed by atoms with Crippen molar-refractivity contribution in [3.05, 3.63) is 12.0 Å². The smallest absolute Gasteiger partial charge is 0.232 e. The molecule has 0 aromatic carbocycles. The fourth-order valence-corrected chi connectivity index (χ4v) is 4.06. The van der Waals surface area contributed by atoms with Gasteiger partial charge in [0, 0.05) is 24.8 Å². The molecule has 0 saturated heterocycles. The van der Waals surface area contributed by atoms with E-state index in [9.17, 15) is 14.7 Å². The number of carbonyl (C=O) groups excluding carboxylic acids is 2. The summed E-state index contributed by atoms with van der Waals surface area (Å²) in [7, 11) is 1.48. The van der Waals surface area contributed by atoms with E-state index in [1.165, 1.54) is 18.1 Å². The zero-order valence-corrected chi connectivity index (χ0v) is 20.6. The van der Waals surface area contributed by atoms with E-state index in [4.69, 9.17) is 17.6 Å². The average molecular weight is 459 g/mol. The van der Waals surface area contributed by atoms with Crippen LogP contribution >= 0.6 is 0 Å². The Bertz CT molecular complexity index is 719. The Morgan fingerprint density at radius 3 is 2.36 bits per heavy atom. The molecule has 1 rings (SSSR count). The highest BCUT2D eigenvalue weighted by Gasteiger charge is 2.39. The van der Waals surface area contributed by atoms with Crippen LogP contribution in [-0.2, 0) is 14.3 Å². The number of aliphatic hydroxyl groups is 1. The normalized spacial score (nSPS) is 18.2. The van der Waals surface area contributed by atoms with Crippen LogP contribution in [0, 0.1) is 36.5 Å². The van der Waals surface area contributed by atoms with E-state index in [-0.39, 0.29) is 23.5 Å². The topological polar surface area (TPSA) is 78.9 Å². The van der Waals surface area contributed by atoms with Crippen molar-refractivity contribution in [2.45, 2.75) is 96.7 Å². The second-order valence-electron chi connectivity index (χ2n) is 8.99. The Hall–Kier alpha value is -2.28. The number of ether oxygens (including phenoxy) is 1. The molecule has 1 heterocycles. The molecule has 0 aromatic rings. The summed E-state index contributed by atoms with van der Waals surface area (Å²) in [6, 6.07) is -0.513. The van der Waals surface area contributed by atoms with E-state index in [1.54, 1.807) is 0 Å². The molecule has 0 saturated carbocycles. The number of terminal acetylenes is 2. The number of nitrogens with zero attached hydrogens (tertiary/aromatic N) is 1. The fourth-order valence-electron chi connectivity index (χ4n) is 4.06. The van der Waals surface area contributed by atoms with E-state index >= 15 is 0 Å². The van der Waals surface area contributed by atoms with Gasteiger partial charge in [0.15, 0.2) is 11.7 Å². The van der Waals surface area contributed by atoms with Crippen molar-refractivity contribution in [1.29, 1.82) is 0 Å². The molecule has 184 valence electrons. The van der Waals surface area contributed by atoms with Crippen LogP contribution in [0.4, 0.5) is 0 Å². The molecule has 0 spiro atoms. The second-order valence-corrected chi connectivity index (χ2v) is 8.99. The first-order valence-corrected chi connectivity index (χ1v) is 12.3. The van der Waals surface area contributed by atoms with Crippen LogP contribution in [0.5, 0.6) is 0 Å². The lowest BCUT2D eigenvalue weighted by molar-refractivity contribution is -0.140. The molecule has 1 aliphatic heterocycles. The first kappa shape index (κ1) is 28.8. The van der Waals surface area contributed by atoms with E-state index < -0.39 is 12.3 Å². The van der Waals surface area contributed by atoms with Gasteiger partial charge in [0.05, 0.1) is 7.11 Å². The van der Waals surface area contributed by atoms with Gasteiger partial charge in [-0.1, -0.05) is 26.7 Å². The van der Waals surface area contributed by atoms with Crippen molar-refractivity contribution in [3.63, 3.8) is 0 Å². The fraction of sp³-hybridized carbons (Fsp3) is 0.704. The molecule has 33 heavy (non-hydrogen) atoms. The third-order valence-electron chi connectivity index (χ3n) is 6.25. The number of ketones is 1. The number of methoxy groups -OCH3 is 1. The van der Waals surface area contributed by atoms with Crippen molar-refractivity contribution >= 4 is 11.7 Å². The van der Waals surface area contributed by atoms with Crippen molar-refractivity contribution in [1.82, 2.24) is 10.2 Å². The van der Waals surface area contributed by atoms with Gasteiger partial charge in [-0.2, -0.15) is 0 Å². The summed E-state index contributed by atoms with van der Waals surface area (Å²) in [6.45, 7) is 4.57. The number of hydrogen-bond acceptors (Lipinski definition) is 5. The van der Waals surface area contributed by atoms with Crippen molar-refractivity contribution in [2.24, 2.45) is 11.8 Å². The molecule has 0 bridgehead atoms. The van der Waals surface area contributed by atoms with Gasteiger partial charge in [0.2, 0.25) is 5.91 Å². The third kappa shape index (κ3) is 10.0. The summed E-state index contributed by atoms with van der Waals surface area (Å²) in [5.74, 6) is 5.37. The number of aliphatic hydroxyl groups excluding tert-OH is 1. The molecule has 4 atom stereocenters. The predicted molar refractivity (Wildman–Crippen MR) is 132 cm³/mol. The Balaban J connectivity index is 2.45. The summed E-state index contributed by atoms with van der Waals surface area (Å²) in [5, 5.41) is 13.4. The van der Waals surface area contributed by atoms with Crippen molar-refractivity contribution < 1.29 is 19.4 Å². The highest BCUT2D eigenvalue weighted by Crippen LogP contribution is 2.27. The number of nitrogens with one attached hydrogen (secondary N) is 1. The van der Waals surface area contributed by atoms with E-state index in [2.05, 4.69) is 17.2 Å². The highest BCUT2D eigenvalue weighted by atomic mass is 16.5. The SMILES string of the molecule is C#CCCCC[C@@H](C)C(=O)N1C(OC)=CC(=O)C1CCCCN[C@@H](O)[C@H](C)CCCCC#C. The van der Waals surface area contributed by atoms with Gasteiger partial charge in [-0.15, -0.1) is 24.7 Å². The number of carbonyl (C=O) groups is 2. The van der Waals surface area contributed by atoms with Crippen LogP contribution < -0.4 is 5.32 Å². The molecule has 0 radical (unpaired) electrons. The number of rotatable bonds is 17. The quantitative estimate of drug-likeness (QED) is 0.196. The highest BCUT2D eigenvalue weighted by molar-refractivity contribution is 6.01. The molecule has 2 N–H and O–H groups in total. The zero-order chi connectivity index (χ0) is 24.6. The van der Waals surface area contributed by atoms with Crippen LogP contribution in [0.3, 0.4) is 0 Å². The van der Waals surface area contributed by atoms with Crippen LogP contribution in [0.1, 0.15) is 84.5 Å². The van der Waals surface area contributed by atoms with Crippen LogP contribution in [0.25, 0.3) is 0 Å². The predicted octanol–water partition coefficient (Wildman–Crippen LogP) is 3.99. The lowest BCUT2D eigenvalue weighted by atomic mass is 9.99. The van der Waals surface area contributed by atoms with E-state index in [0.29, 0.717) is 25.3 Å². The molecule has 0 fully saturated rings. The number of hydrogen-bond donors (Lipinski definition) is 2. The molecular formula is C27H42N2O4. The minimum Gasteiger partial charge on any atom is -0.482 e. The lowest BCUT2D eigenvalue weighted by Crippen LogP contribution is -2.42. The average Bonchev–Trinajstić information content (AvgIpc) is 3.13. The Morgan fingerprint density at radius 2 is 1.76 bits per heavy atom. The molecule has 1 amide bonds. The second kappa shape index (κ2) is 16.4. The standard InChI is InChI=1S/C27H42N2O4/c1-6-8-10-12-16-21(3)26(31)28-19-15-14-18-23-24(30)20-25(33-5)29(23)27(32)22(4)17-13-11-9-7-2/h1-2,20-23,26,28,31H,8-19H2,3-5H3/t21-,22-,23?,26+/m1/s1. The maximum atomic E-state index is 13.1. The van der Waals surface area contributed by atoms with Crippen LogP contribution in [0.15, 0.2) is 12.0 Å². The summed E-state index contributed by atoms with van der Waals surface area (Å²) in [4.78, 5) is 27.2. The van der Waals surface area contributed by atoms with Crippen molar-refractivity contribution in [2.75, 3.05) is 13.7 Å². The molecule has 6 nitrogen and oxygen atoms in total. The maximum absolute atomic E-state index is 13.1. The molecular weight excluding hydrogens is 416 g/mol. The van der Waals surface area contributed by atoms with Crippen molar-refractivity contribution in [3.8, 4) is 24.7 Å². The lowest BCUT2D eigenvalue weighted by Gasteiger charge is -2.28. The minimum atomic E-state index is -0.556. The summed E-state index contributed by atoms with van der Waals surface area (Å²) >= 11 is 0. The molecule has 0 aliphatic carbocycles. The Labute approximate surface area is 200 Å². The minimum absolute atomic E-state index is 0.0770. The maximum Gasteiger partial charge on any atom is 0.232 e. The van der Waals surface area contributed by atoms with Gasteiger partial charge in [-0.25, -0.2) is 0 Å². The van der Waals surface area contributed by atoms with E-state index in [0.717, 1.165) is 57.8 Å². The van der Waals surface area contributed by atoms with Gasteiger partial charge in [0.1, 0.15) is 12.3 Å². The summed E-state index contributed by atoms with van der Waals surface area (Å²) in [6.07, 6.45) is 20.5. The van der Waals surface area contributed by atoms with Crippen LogP contribution in [-0.4, -0.2) is 47.6 Å². The van der Waals surface area contributed by atoms with Gasteiger partial charge < -0.3 is 9.84 Å². The molecule has 1 aliphatic rings.